The molecule has 0 aliphatic carbocycles. The fourth-order valence-electron chi connectivity index (χ4n) is 4.37. The summed E-state index contributed by atoms with van der Waals surface area (Å²) in [5.74, 6) is 0.613. The van der Waals surface area contributed by atoms with Gasteiger partial charge in [0, 0.05) is 67.7 Å². The summed E-state index contributed by atoms with van der Waals surface area (Å²) in [6.07, 6.45) is 8.84. The molecule has 1 amide bonds. The average molecular weight is 527 g/mol. The van der Waals surface area contributed by atoms with Crippen molar-refractivity contribution in [1.82, 2.24) is 29.8 Å². The summed E-state index contributed by atoms with van der Waals surface area (Å²) in [5.41, 5.74) is 9.82. The Labute approximate surface area is 225 Å². The molecule has 1 fully saturated rings. The Morgan fingerprint density at radius 2 is 1.79 bits per heavy atom. The molecular weight excluding hydrogens is 496 g/mol. The highest BCUT2D eigenvalue weighted by atomic mass is 16.5. The Morgan fingerprint density at radius 1 is 1.05 bits per heavy atom. The van der Waals surface area contributed by atoms with Crippen LogP contribution in [0.25, 0.3) is 28.0 Å². The van der Waals surface area contributed by atoms with Crippen LogP contribution in [0.2, 0.25) is 0 Å². The van der Waals surface area contributed by atoms with Gasteiger partial charge in [0.2, 0.25) is 17.8 Å². The number of amides is 1. The Bertz CT molecular complexity index is 1490. The first-order valence-corrected chi connectivity index (χ1v) is 12.8. The van der Waals surface area contributed by atoms with Gasteiger partial charge in [0.15, 0.2) is 11.4 Å². The van der Waals surface area contributed by atoms with Gasteiger partial charge in [0.05, 0.1) is 18.9 Å². The number of anilines is 2. The number of hydrogen-bond acceptors (Lipinski definition) is 9. The Hall–Kier alpha value is -4.64. The monoisotopic (exact) mass is 526 g/mol. The summed E-state index contributed by atoms with van der Waals surface area (Å²) in [5, 5.41) is 3.74. The van der Waals surface area contributed by atoms with Crippen LogP contribution in [-0.2, 0) is 20.9 Å². The number of ether oxygens (including phenoxy) is 1. The summed E-state index contributed by atoms with van der Waals surface area (Å²) in [7, 11) is 0. The molecule has 0 saturated carbocycles. The molecule has 11 heteroatoms. The van der Waals surface area contributed by atoms with Crippen LogP contribution >= 0.6 is 0 Å². The van der Waals surface area contributed by atoms with Gasteiger partial charge in [0.1, 0.15) is 0 Å². The highest BCUT2D eigenvalue weighted by molar-refractivity contribution is 5.93. The molecule has 0 radical (unpaired) electrons. The number of carbonyl (C=O) groups is 2. The van der Waals surface area contributed by atoms with Crippen LogP contribution in [0, 0.1) is 0 Å². The highest BCUT2D eigenvalue weighted by Crippen LogP contribution is 2.30. The van der Waals surface area contributed by atoms with Crippen LogP contribution in [0.5, 0.6) is 0 Å². The standard InChI is InChI=1S/C28H30N8O3/c1-2-3-22(37)8-9-24(38)30-16-19-4-6-21(7-5-19)36-11-10-23-25(20-17-31-27(29)32-18-20)33-28(34-26(23)36)35-12-14-39-15-13-35/h2-7,10-11,17-18H,8-9,12-16H2,1H3,(H,30,38)(H2,29,31,32)/b3-2+. The number of benzene rings is 1. The van der Waals surface area contributed by atoms with E-state index in [1.165, 1.54) is 6.08 Å². The molecule has 0 unspecified atom stereocenters. The van der Waals surface area contributed by atoms with E-state index in [1.807, 2.05) is 41.1 Å². The van der Waals surface area contributed by atoms with Gasteiger partial charge >= 0.3 is 0 Å². The van der Waals surface area contributed by atoms with Gasteiger partial charge in [-0.15, -0.1) is 0 Å². The molecule has 3 aromatic heterocycles. The number of nitrogens with zero attached hydrogens (tertiary/aromatic N) is 6. The van der Waals surface area contributed by atoms with Crippen molar-refractivity contribution < 1.29 is 14.3 Å². The van der Waals surface area contributed by atoms with Crippen molar-refractivity contribution in [1.29, 1.82) is 0 Å². The van der Waals surface area contributed by atoms with Crippen LogP contribution < -0.4 is 16.0 Å². The third kappa shape index (κ3) is 6.10. The Kier molecular flexibility index (Phi) is 7.88. The molecule has 1 aliphatic heterocycles. The highest BCUT2D eigenvalue weighted by Gasteiger charge is 2.20. The van der Waals surface area contributed by atoms with Crippen LogP contribution in [-0.4, -0.2) is 62.5 Å². The molecule has 11 nitrogen and oxygen atoms in total. The molecule has 0 atom stereocenters. The summed E-state index contributed by atoms with van der Waals surface area (Å²) in [6.45, 7) is 4.80. The van der Waals surface area contributed by atoms with E-state index in [1.54, 1.807) is 25.4 Å². The van der Waals surface area contributed by atoms with Gasteiger partial charge in [-0.05, 0) is 36.8 Å². The lowest BCUT2D eigenvalue weighted by Gasteiger charge is -2.27. The molecule has 0 spiro atoms. The zero-order chi connectivity index (χ0) is 27.2. The fourth-order valence-corrected chi connectivity index (χ4v) is 4.37. The third-order valence-corrected chi connectivity index (χ3v) is 6.43. The zero-order valence-electron chi connectivity index (χ0n) is 21.7. The van der Waals surface area contributed by atoms with Crippen LogP contribution in [0.15, 0.2) is 61.1 Å². The van der Waals surface area contributed by atoms with Gasteiger partial charge in [-0.1, -0.05) is 18.2 Å². The number of rotatable bonds is 9. The van der Waals surface area contributed by atoms with Crippen molar-refractivity contribution >= 4 is 34.6 Å². The van der Waals surface area contributed by atoms with Crippen molar-refractivity contribution in [3.8, 4) is 16.9 Å². The summed E-state index contributed by atoms with van der Waals surface area (Å²) < 4.78 is 7.53. The summed E-state index contributed by atoms with van der Waals surface area (Å²) in [6, 6.07) is 9.88. The van der Waals surface area contributed by atoms with E-state index >= 15 is 0 Å². The SMILES string of the molecule is C/C=C/C(=O)CCC(=O)NCc1ccc(-n2ccc3c(-c4cnc(N)nc4)nc(N4CCOCC4)nc32)cc1. The molecule has 0 bridgehead atoms. The maximum Gasteiger partial charge on any atom is 0.228 e. The average Bonchev–Trinajstić information content (AvgIpc) is 3.40. The van der Waals surface area contributed by atoms with E-state index in [2.05, 4.69) is 20.2 Å². The number of nitrogens with one attached hydrogen (secondary N) is 1. The molecule has 3 N–H and O–H groups in total. The lowest BCUT2D eigenvalue weighted by molar-refractivity contribution is -0.124. The molecule has 1 aliphatic rings. The smallest absolute Gasteiger partial charge is 0.228 e. The van der Waals surface area contributed by atoms with Gasteiger partial charge in [0.25, 0.3) is 0 Å². The van der Waals surface area contributed by atoms with Crippen LogP contribution in [0.4, 0.5) is 11.9 Å². The van der Waals surface area contributed by atoms with E-state index in [9.17, 15) is 9.59 Å². The summed E-state index contributed by atoms with van der Waals surface area (Å²) in [4.78, 5) is 44.0. The molecule has 39 heavy (non-hydrogen) atoms. The predicted molar refractivity (Wildman–Crippen MR) is 148 cm³/mol. The lowest BCUT2D eigenvalue weighted by Crippen LogP contribution is -2.37. The third-order valence-electron chi connectivity index (χ3n) is 6.43. The first-order chi connectivity index (χ1) is 19.0. The number of allylic oxidation sites excluding steroid dienone is 2. The lowest BCUT2D eigenvalue weighted by atomic mass is 10.1. The topological polar surface area (TPSA) is 141 Å². The maximum atomic E-state index is 12.1. The van der Waals surface area contributed by atoms with E-state index in [0.717, 1.165) is 33.5 Å². The van der Waals surface area contributed by atoms with E-state index in [4.69, 9.17) is 20.4 Å². The minimum absolute atomic E-state index is 0.0522. The number of ketones is 1. The molecule has 5 rings (SSSR count). The second kappa shape index (κ2) is 11.8. The minimum atomic E-state index is -0.153. The fraction of sp³-hybridized carbons (Fsp3) is 0.286. The van der Waals surface area contributed by atoms with Crippen LogP contribution in [0.1, 0.15) is 25.3 Å². The van der Waals surface area contributed by atoms with Gasteiger partial charge < -0.3 is 25.3 Å². The van der Waals surface area contributed by atoms with Crippen molar-refractivity contribution in [2.24, 2.45) is 0 Å². The van der Waals surface area contributed by atoms with Crippen molar-refractivity contribution in [3.63, 3.8) is 0 Å². The van der Waals surface area contributed by atoms with Crippen LogP contribution in [0.3, 0.4) is 0 Å². The Balaban J connectivity index is 1.39. The maximum absolute atomic E-state index is 12.1. The van der Waals surface area contributed by atoms with Crippen molar-refractivity contribution in [2.75, 3.05) is 36.9 Å². The van der Waals surface area contributed by atoms with E-state index in [-0.39, 0.29) is 30.5 Å². The quantitative estimate of drug-likeness (QED) is 0.315. The molecule has 200 valence electrons. The number of morpholine rings is 1. The largest absolute Gasteiger partial charge is 0.378 e. The first-order valence-electron chi connectivity index (χ1n) is 12.8. The second-order valence-corrected chi connectivity index (χ2v) is 9.13. The normalized spacial score (nSPS) is 13.7. The molecule has 4 heterocycles. The predicted octanol–water partition coefficient (Wildman–Crippen LogP) is 2.84. The number of carbonyl (C=O) groups excluding carboxylic acids is 2. The van der Waals surface area contributed by atoms with E-state index in [0.29, 0.717) is 38.8 Å². The minimum Gasteiger partial charge on any atom is -0.378 e. The summed E-state index contributed by atoms with van der Waals surface area (Å²) >= 11 is 0. The number of nitrogen functional groups attached to an aromatic ring is 1. The number of aromatic nitrogens is 5. The Morgan fingerprint density at radius 3 is 2.51 bits per heavy atom. The second-order valence-electron chi connectivity index (χ2n) is 9.13. The van der Waals surface area contributed by atoms with Gasteiger partial charge in [-0.25, -0.2) is 15.0 Å². The van der Waals surface area contributed by atoms with Gasteiger partial charge in [-0.2, -0.15) is 4.98 Å². The molecule has 1 aromatic carbocycles. The van der Waals surface area contributed by atoms with E-state index < -0.39 is 0 Å². The van der Waals surface area contributed by atoms with Crippen molar-refractivity contribution in [2.45, 2.75) is 26.3 Å². The molecular formula is C28H30N8O3. The van der Waals surface area contributed by atoms with Gasteiger partial charge in [-0.3, -0.25) is 9.59 Å². The number of hydrogen-bond donors (Lipinski definition) is 2. The molecule has 1 saturated heterocycles. The molecule has 4 aromatic rings. The first kappa shape index (κ1) is 26.0. The zero-order valence-corrected chi connectivity index (χ0v) is 21.7. The number of nitrogens with two attached hydrogens (primary N) is 1. The van der Waals surface area contributed by atoms with Crippen molar-refractivity contribution in [3.05, 3.63) is 66.6 Å². The number of fused-ring (bicyclic) bond motifs is 1.